The highest BCUT2D eigenvalue weighted by atomic mass is 32.2. The van der Waals surface area contributed by atoms with E-state index in [-0.39, 0.29) is 42.3 Å². The average Bonchev–Trinajstić information content (AvgIpc) is 3.08. The molecule has 152 valence electrons. The first kappa shape index (κ1) is 19.6. The number of benzene rings is 2. The molecule has 8 heteroatoms. The maximum atomic E-state index is 12.6. The van der Waals surface area contributed by atoms with Gasteiger partial charge < -0.3 is 10.2 Å². The van der Waals surface area contributed by atoms with Crippen molar-refractivity contribution in [1.29, 1.82) is 0 Å². The molecule has 0 spiro atoms. The molecule has 1 atom stereocenters. The maximum Gasteiger partial charge on any atom is 0.243 e. The number of carbonyl (C=O) groups is 2. The van der Waals surface area contributed by atoms with Gasteiger partial charge in [-0.15, -0.1) is 0 Å². The molecule has 7 nitrogen and oxygen atoms in total. The zero-order valence-corrected chi connectivity index (χ0v) is 16.7. The third kappa shape index (κ3) is 4.04. The molecule has 2 saturated heterocycles. The number of rotatable bonds is 6. The van der Waals surface area contributed by atoms with Crippen molar-refractivity contribution < 1.29 is 18.0 Å². The van der Waals surface area contributed by atoms with Crippen molar-refractivity contribution >= 4 is 21.8 Å². The minimum absolute atomic E-state index is 0.0911. The van der Waals surface area contributed by atoms with Gasteiger partial charge in [0, 0.05) is 32.6 Å². The van der Waals surface area contributed by atoms with Crippen LogP contribution in [0.2, 0.25) is 0 Å². The third-order valence-corrected chi connectivity index (χ3v) is 7.34. The van der Waals surface area contributed by atoms with Crippen molar-refractivity contribution in [1.82, 2.24) is 14.5 Å². The van der Waals surface area contributed by atoms with Crippen LogP contribution in [0.5, 0.6) is 0 Å². The van der Waals surface area contributed by atoms with Gasteiger partial charge in [-0.25, -0.2) is 8.42 Å². The Morgan fingerprint density at radius 3 is 2.24 bits per heavy atom. The summed E-state index contributed by atoms with van der Waals surface area (Å²) in [6.07, 6.45) is 0.169. The highest BCUT2D eigenvalue weighted by Crippen LogP contribution is 2.28. The first-order valence-corrected chi connectivity index (χ1v) is 11.1. The SMILES string of the molecule is O=C(NCc1ccccc1)C1CC(=O)N(C2CN(S(=O)(=O)c3ccccc3)C2)C1. The number of hydrogen-bond donors (Lipinski definition) is 1. The summed E-state index contributed by atoms with van der Waals surface area (Å²) < 4.78 is 26.6. The minimum atomic E-state index is -3.54. The van der Waals surface area contributed by atoms with E-state index in [4.69, 9.17) is 0 Å². The summed E-state index contributed by atoms with van der Waals surface area (Å²) in [4.78, 5) is 26.8. The average molecular weight is 413 g/mol. The molecule has 29 heavy (non-hydrogen) atoms. The maximum absolute atomic E-state index is 12.6. The standard InChI is InChI=1S/C21H23N3O4S/c25-20-11-17(21(26)22-12-16-7-3-1-4-8-16)13-24(20)18-14-23(15-18)29(27,28)19-9-5-2-6-10-19/h1-10,17-18H,11-15H2,(H,22,26). The van der Waals surface area contributed by atoms with Gasteiger partial charge in [0.05, 0.1) is 16.9 Å². The molecule has 2 heterocycles. The molecule has 4 rings (SSSR count). The summed E-state index contributed by atoms with van der Waals surface area (Å²) in [5, 5.41) is 2.89. The van der Waals surface area contributed by atoms with E-state index in [0.717, 1.165) is 5.56 Å². The summed E-state index contributed by atoms with van der Waals surface area (Å²) in [6.45, 7) is 1.29. The van der Waals surface area contributed by atoms with Gasteiger partial charge >= 0.3 is 0 Å². The summed E-state index contributed by atoms with van der Waals surface area (Å²) in [7, 11) is -3.54. The smallest absolute Gasteiger partial charge is 0.243 e. The summed E-state index contributed by atoms with van der Waals surface area (Å²) in [5.41, 5.74) is 1.00. The van der Waals surface area contributed by atoms with Crippen LogP contribution in [-0.2, 0) is 26.2 Å². The van der Waals surface area contributed by atoms with Crippen molar-refractivity contribution in [2.24, 2.45) is 5.92 Å². The number of hydrogen-bond acceptors (Lipinski definition) is 4. The van der Waals surface area contributed by atoms with E-state index in [9.17, 15) is 18.0 Å². The van der Waals surface area contributed by atoms with Crippen LogP contribution in [0.4, 0.5) is 0 Å². The Hall–Kier alpha value is -2.71. The Kier molecular flexibility index (Phi) is 5.38. The normalized spacial score (nSPS) is 20.5. The van der Waals surface area contributed by atoms with E-state index in [2.05, 4.69) is 5.32 Å². The molecule has 1 N–H and O–H groups in total. The molecule has 0 radical (unpaired) electrons. The highest BCUT2D eigenvalue weighted by molar-refractivity contribution is 7.89. The number of nitrogens with one attached hydrogen (secondary N) is 1. The van der Waals surface area contributed by atoms with E-state index in [1.54, 1.807) is 35.2 Å². The van der Waals surface area contributed by atoms with Gasteiger partial charge in [-0.1, -0.05) is 48.5 Å². The highest BCUT2D eigenvalue weighted by Gasteiger charge is 2.45. The number of likely N-dealkylation sites (tertiary alicyclic amines) is 1. The predicted molar refractivity (Wildman–Crippen MR) is 107 cm³/mol. The molecule has 2 aromatic rings. The van der Waals surface area contributed by atoms with Crippen molar-refractivity contribution in [2.75, 3.05) is 19.6 Å². The largest absolute Gasteiger partial charge is 0.352 e. The lowest BCUT2D eigenvalue weighted by Crippen LogP contribution is -2.61. The predicted octanol–water partition coefficient (Wildman–Crippen LogP) is 1.22. The molecule has 0 aliphatic carbocycles. The first-order valence-electron chi connectivity index (χ1n) is 9.61. The van der Waals surface area contributed by atoms with Crippen LogP contribution in [0, 0.1) is 5.92 Å². The van der Waals surface area contributed by atoms with Gasteiger partial charge in [0.2, 0.25) is 21.8 Å². The zero-order chi connectivity index (χ0) is 20.4. The van der Waals surface area contributed by atoms with E-state index < -0.39 is 15.9 Å². The van der Waals surface area contributed by atoms with Crippen LogP contribution in [0.15, 0.2) is 65.6 Å². The van der Waals surface area contributed by atoms with Gasteiger partial charge in [0.15, 0.2) is 0 Å². The van der Waals surface area contributed by atoms with E-state index in [1.807, 2.05) is 30.3 Å². The van der Waals surface area contributed by atoms with Crippen molar-refractivity contribution in [3.05, 3.63) is 66.2 Å². The second-order valence-corrected chi connectivity index (χ2v) is 9.38. The number of sulfonamides is 1. The van der Waals surface area contributed by atoms with Gasteiger partial charge in [-0.05, 0) is 17.7 Å². The first-order chi connectivity index (χ1) is 13.9. The molecule has 0 bridgehead atoms. The molecular formula is C21H23N3O4S. The molecule has 0 saturated carbocycles. The molecule has 0 aromatic heterocycles. The van der Waals surface area contributed by atoms with Gasteiger partial charge in [0.25, 0.3) is 0 Å². The quantitative estimate of drug-likeness (QED) is 0.772. The Morgan fingerprint density at radius 2 is 1.59 bits per heavy atom. The summed E-state index contributed by atoms with van der Waals surface area (Å²) in [6, 6.07) is 17.7. The van der Waals surface area contributed by atoms with Crippen LogP contribution in [0.1, 0.15) is 12.0 Å². The molecule has 2 fully saturated rings. The van der Waals surface area contributed by atoms with Crippen molar-refractivity contribution in [3.63, 3.8) is 0 Å². The van der Waals surface area contributed by atoms with Crippen LogP contribution in [-0.4, -0.2) is 55.1 Å². The molecular weight excluding hydrogens is 390 g/mol. The number of nitrogens with zero attached hydrogens (tertiary/aromatic N) is 2. The van der Waals surface area contributed by atoms with Gasteiger partial charge in [-0.3, -0.25) is 9.59 Å². The van der Waals surface area contributed by atoms with Gasteiger partial charge in [-0.2, -0.15) is 4.31 Å². The van der Waals surface area contributed by atoms with Crippen LogP contribution < -0.4 is 5.32 Å². The summed E-state index contributed by atoms with van der Waals surface area (Å²) in [5.74, 6) is -0.629. The lowest BCUT2D eigenvalue weighted by molar-refractivity contribution is -0.132. The van der Waals surface area contributed by atoms with E-state index in [0.29, 0.717) is 13.1 Å². The third-order valence-electron chi connectivity index (χ3n) is 5.49. The lowest BCUT2D eigenvalue weighted by Gasteiger charge is -2.42. The lowest BCUT2D eigenvalue weighted by atomic mass is 10.1. The van der Waals surface area contributed by atoms with Crippen LogP contribution in [0.25, 0.3) is 0 Å². The summed E-state index contributed by atoms with van der Waals surface area (Å²) >= 11 is 0. The molecule has 1 unspecified atom stereocenters. The Bertz CT molecular complexity index is 989. The number of carbonyl (C=O) groups excluding carboxylic acids is 2. The Labute approximate surface area is 170 Å². The fourth-order valence-electron chi connectivity index (χ4n) is 3.74. The zero-order valence-electron chi connectivity index (χ0n) is 15.9. The Balaban J connectivity index is 1.31. The topological polar surface area (TPSA) is 86.8 Å². The molecule has 2 aliphatic heterocycles. The second-order valence-electron chi connectivity index (χ2n) is 7.44. The minimum Gasteiger partial charge on any atom is -0.352 e. The van der Waals surface area contributed by atoms with E-state index in [1.165, 1.54) is 4.31 Å². The second kappa shape index (κ2) is 7.96. The fraction of sp³-hybridized carbons (Fsp3) is 0.333. The van der Waals surface area contributed by atoms with Crippen molar-refractivity contribution in [3.8, 4) is 0 Å². The van der Waals surface area contributed by atoms with Crippen LogP contribution in [0.3, 0.4) is 0 Å². The van der Waals surface area contributed by atoms with E-state index >= 15 is 0 Å². The van der Waals surface area contributed by atoms with Crippen LogP contribution >= 0.6 is 0 Å². The fourth-order valence-corrected chi connectivity index (χ4v) is 5.28. The molecule has 2 aliphatic rings. The Morgan fingerprint density at radius 1 is 0.966 bits per heavy atom. The molecule has 2 aromatic carbocycles. The van der Waals surface area contributed by atoms with Gasteiger partial charge in [0.1, 0.15) is 0 Å². The van der Waals surface area contributed by atoms with Crippen molar-refractivity contribution in [2.45, 2.75) is 23.9 Å². The molecule has 2 amide bonds. The number of amides is 2. The monoisotopic (exact) mass is 413 g/mol.